The Hall–Kier alpha value is -1.46. The lowest BCUT2D eigenvalue weighted by Crippen LogP contribution is -2.01. The molecule has 0 bridgehead atoms. The molecule has 7 heteroatoms. The molecule has 0 radical (unpaired) electrons. The molecule has 0 atom stereocenters. The quantitative estimate of drug-likeness (QED) is 0.901. The van der Waals surface area contributed by atoms with Crippen molar-refractivity contribution >= 4 is 40.7 Å². The summed E-state index contributed by atoms with van der Waals surface area (Å²) in [6, 6.07) is 3.37. The topological polar surface area (TPSA) is 68.8 Å². The average Bonchev–Trinajstić information content (AvgIpc) is 2.73. The molecule has 17 heavy (non-hydrogen) atoms. The summed E-state index contributed by atoms with van der Waals surface area (Å²) in [6.07, 6.45) is 1.86. The van der Waals surface area contributed by atoms with E-state index in [0.717, 1.165) is 6.54 Å². The van der Waals surface area contributed by atoms with Crippen LogP contribution in [0.5, 0.6) is 0 Å². The molecule has 90 valence electrons. The van der Waals surface area contributed by atoms with Crippen molar-refractivity contribution in [2.45, 2.75) is 13.5 Å². The third-order valence-corrected chi connectivity index (χ3v) is 2.76. The van der Waals surface area contributed by atoms with Gasteiger partial charge in [0.05, 0.1) is 10.0 Å². The van der Waals surface area contributed by atoms with Gasteiger partial charge >= 0.3 is 0 Å². The summed E-state index contributed by atoms with van der Waals surface area (Å²) < 4.78 is 1.79. The number of hydrogen-bond acceptors (Lipinski definition) is 4. The molecule has 3 N–H and O–H groups in total. The van der Waals surface area contributed by atoms with Crippen molar-refractivity contribution in [3.05, 3.63) is 28.4 Å². The number of nitrogens with two attached hydrogens (primary N) is 1. The highest BCUT2D eigenvalue weighted by molar-refractivity contribution is 6.37. The van der Waals surface area contributed by atoms with Gasteiger partial charge in [-0.15, -0.1) is 0 Å². The van der Waals surface area contributed by atoms with Gasteiger partial charge in [0.15, 0.2) is 11.6 Å². The zero-order valence-electron chi connectivity index (χ0n) is 9.11. The first-order valence-corrected chi connectivity index (χ1v) is 5.77. The first kappa shape index (κ1) is 12.0. The average molecular weight is 272 g/mol. The Balaban J connectivity index is 2.26. The molecule has 2 aromatic heterocycles. The van der Waals surface area contributed by atoms with Crippen molar-refractivity contribution in [1.82, 2.24) is 14.8 Å². The molecule has 0 aliphatic heterocycles. The lowest BCUT2D eigenvalue weighted by molar-refractivity contribution is 0.662. The number of aromatic nitrogens is 3. The smallest absolute Gasteiger partial charge is 0.153 e. The Morgan fingerprint density at radius 1 is 1.41 bits per heavy atom. The second-order valence-electron chi connectivity index (χ2n) is 3.37. The maximum absolute atomic E-state index is 5.99. The van der Waals surface area contributed by atoms with Gasteiger partial charge in [-0.3, -0.25) is 4.68 Å². The van der Waals surface area contributed by atoms with Gasteiger partial charge < -0.3 is 11.1 Å². The third-order valence-electron chi connectivity index (χ3n) is 2.17. The first-order chi connectivity index (χ1) is 8.10. The van der Waals surface area contributed by atoms with Gasteiger partial charge in [-0.2, -0.15) is 5.10 Å². The van der Waals surface area contributed by atoms with Gasteiger partial charge in [0.25, 0.3) is 0 Å². The predicted octanol–water partition coefficient (Wildman–Crippen LogP) is 2.93. The number of anilines is 3. The molecule has 0 amide bonds. The molecule has 0 aliphatic carbocycles. The minimum Gasteiger partial charge on any atom is -0.382 e. The summed E-state index contributed by atoms with van der Waals surface area (Å²) in [7, 11) is 0. The van der Waals surface area contributed by atoms with Crippen LogP contribution in [0.4, 0.5) is 17.5 Å². The third kappa shape index (κ3) is 2.62. The molecule has 2 aromatic rings. The number of aryl methyl sites for hydroxylation is 1. The van der Waals surface area contributed by atoms with Crippen LogP contribution in [0.15, 0.2) is 18.3 Å². The summed E-state index contributed by atoms with van der Waals surface area (Å²) in [5.74, 6) is 1.33. The van der Waals surface area contributed by atoms with Gasteiger partial charge in [0, 0.05) is 18.8 Å². The van der Waals surface area contributed by atoms with Gasteiger partial charge in [-0.25, -0.2) is 4.98 Å². The second-order valence-corrected chi connectivity index (χ2v) is 4.18. The largest absolute Gasteiger partial charge is 0.382 e. The lowest BCUT2D eigenvalue weighted by atomic mass is 10.4. The summed E-state index contributed by atoms with van der Waals surface area (Å²) in [5.41, 5.74) is 5.61. The minimum absolute atomic E-state index is 0.230. The molecule has 2 heterocycles. The maximum Gasteiger partial charge on any atom is 0.153 e. The van der Waals surface area contributed by atoms with E-state index in [4.69, 9.17) is 28.9 Å². The van der Waals surface area contributed by atoms with Crippen LogP contribution in [0.3, 0.4) is 0 Å². The molecular formula is C10H11Cl2N5. The van der Waals surface area contributed by atoms with E-state index in [1.807, 2.05) is 19.2 Å². The number of rotatable bonds is 3. The second kappa shape index (κ2) is 4.81. The highest BCUT2D eigenvalue weighted by atomic mass is 35.5. The van der Waals surface area contributed by atoms with Gasteiger partial charge in [-0.05, 0) is 13.0 Å². The van der Waals surface area contributed by atoms with E-state index in [9.17, 15) is 0 Å². The van der Waals surface area contributed by atoms with E-state index in [1.54, 1.807) is 10.7 Å². The summed E-state index contributed by atoms with van der Waals surface area (Å²) in [6.45, 7) is 2.80. The zero-order valence-corrected chi connectivity index (χ0v) is 10.6. The molecule has 0 spiro atoms. The minimum atomic E-state index is 0.230. The van der Waals surface area contributed by atoms with Gasteiger partial charge in [0.2, 0.25) is 0 Å². The molecule has 0 saturated heterocycles. The SMILES string of the molecule is CCn1ccc(Nc2nc(N)c(Cl)cc2Cl)n1. The van der Waals surface area contributed by atoms with Crippen LogP contribution < -0.4 is 11.1 Å². The fourth-order valence-corrected chi connectivity index (χ4v) is 1.70. The van der Waals surface area contributed by atoms with Crippen LogP contribution in [0, 0.1) is 0 Å². The number of nitrogens with zero attached hydrogens (tertiary/aromatic N) is 3. The first-order valence-electron chi connectivity index (χ1n) is 5.02. The Labute approximate surface area is 109 Å². The van der Waals surface area contributed by atoms with Crippen molar-refractivity contribution in [2.24, 2.45) is 0 Å². The van der Waals surface area contributed by atoms with E-state index in [0.29, 0.717) is 21.7 Å². The van der Waals surface area contributed by atoms with E-state index < -0.39 is 0 Å². The summed E-state index contributed by atoms with van der Waals surface area (Å²) >= 11 is 11.8. The molecule has 0 aromatic carbocycles. The van der Waals surface area contributed by atoms with Gasteiger partial charge in [-0.1, -0.05) is 23.2 Å². The molecule has 0 aliphatic rings. The lowest BCUT2D eigenvalue weighted by Gasteiger charge is -2.06. The normalized spacial score (nSPS) is 10.5. The van der Waals surface area contributed by atoms with E-state index in [1.165, 1.54) is 0 Å². The fourth-order valence-electron chi connectivity index (χ4n) is 1.29. The number of nitrogens with one attached hydrogen (secondary N) is 1. The highest BCUT2D eigenvalue weighted by Gasteiger charge is 2.08. The van der Waals surface area contributed by atoms with E-state index in [-0.39, 0.29) is 5.82 Å². The van der Waals surface area contributed by atoms with Crippen molar-refractivity contribution in [3.8, 4) is 0 Å². The van der Waals surface area contributed by atoms with Crippen LogP contribution in [0.25, 0.3) is 0 Å². The number of hydrogen-bond donors (Lipinski definition) is 2. The predicted molar refractivity (Wildman–Crippen MR) is 69.9 cm³/mol. The van der Waals surface area contributed by atoms with Crippen LogP contribution in [0.1, 0.15) is 6.92 Å². The number of nitrogen functional groups attached to an aromatic ring is 1. The standard InChI is InChI=1S/C10H11Cl2N5/c1-2-17-4-3-8(16-17)14-10-7(12)5-6(11)9(13)15-10/h3-5H,2H2,1H3,(H3,13,14,15,16). The number of halogens is 2. The Morgan fingerprint density at radius 3 is 2.82 bits per heavy atom. The van der Waals surface area contributed by atoms with Crippen molar-refractivity contribution in [3.63, 3.8) is 0 Å². The summed E-state index contributed by atoms with van der Waals surface area (Å²) in [4.78, 5) is 4.06. The molecule has 2 rings (SSSR count). The molecule has 0 fully saturated rings. The van der Waals surface area contributed by atoms with Crippen molar-refractivity contribution < 1.29 is 0 Å². The molecular weight excluding hydrogens is 261 g/mol. The molecule has 5 nitrogen and oxygen atoms in total. The molecule has 0 unspecified atom stereocenters. The number of pyridine rings is 1. The fraction of sp³-hybridized carbons (Fsp3) is 0.200. The van der Waals surface area contributed by atoms with Crippen molar-refractivity contribution in [1.29, 1.82) is 0 Å². The zero-order chi connectivity index (χ0) is 12.4. The van der Waals surface area contributed by atoms with Crippen molar-refractivity contribution in [2.75, 3.05) is 11.1 Å². The van der Waals surface area contributed by atoms with Crippen LogP contribution in [-0.2, 0) is 6.54 Å². The van der Waals surface area contributed by atoms with Crippen LogP contribution >= 0.6 is 23.2 Å². The van der Waals surface area contributed by atoms with Crippen LogP contribution in [0.2, 0.25) is 10.0 Å². The van der Waals surface area contributed by atoms with Crippen LogP contribution in [-0.4, -0.2) is 14.8 Å². The Morgan fingerprint density at radius 2 is 2.18 bits per heavy atom. The maximum atomic E-state index is 5.99. The molecule has 0 saturated carbocycles. The van der Waals surface area contributed by atoms with E-state index in [2.05, 4.69) is 15.4 Å². The highest BCUT2D eigenvalue weighted by Crippen LogP contribution is 2.28. The van der Waals surface area contributed by atoms with Gasteiger partial charge in [0.1, 0.15) is 5.82 Å². The monoisotopic (exact) mass is 271 g/mol. The Bertz CT molecular complexity index is 537. The summed E-state index contributed by atoms with van der Waals surface area (Å²) in [5, 5.41) is 7.96. The Kier molecular flexibility index (Phi) is 3.40. The van der Waals surface area contributed by atoms with E-state index >= 15 is 0 Å².